The number of carbonyl (C=O) groups excluding carboxylic acids is 2. The zero-order valence-electron chi connectivity index (χ0n) is 15.2. The van der Waals surface area contributed by atoms with Crippen molar-refractivity contribution in [2.24, 2.45) is 0 Å². The first-order chi connectivity index (χ1) is 13.2. The number of para-hydroxylation sites is 1. The number of hydrogen-bond donors (Lipinski definition) is 1. The van der Waals surface area contributed by atoms with Gasteiger partial charge in [-0.15, -0.1) is 11.8 Å². The summed E-state index contributed by atoms with van der Waals surface area (Å²) < 4.78 is 0. The molecular weight excluding hydrogens is 358 g/mol. The molecule has 2 aliphatic heterocycles. The Hall–Kier alpha value is -2.47. The van der Waals surface area contributed by atoms with Gasteiger partial charge in [0.1, 0.15) is 6.54 Å². The fourth-order valence-electron chi connectivity index (χ4n) is 3.58. The summed E-state index contributed by atoms with van der Waals surface area (Å²) in [5, 5.41) is 2.91. The maximum Gasteiger partial charge on any atom is 0.244 e. The van der Waals surface area contributed by atoms with Gasteiger partial charge in [0, 0.05) is 29.4 Å². The molecule has 2 aliphatic rings. The lowest BCUT2D eigenvalue weighted by atomic mass is 10.1. The van der Waals surface area contributed by atoms with Crippen LogP contribution < -0.4 is 15.1 Å². The van der Waals surface area contributed by atoms with Crippen LogP contribution in [0.5, 0.6) is 0 Å². The zero-order chi connectivity index (χ0) is 18.6. The van der Waals surface area contributed by atoms with Crippen LogP contribution in [0.2, 0.25) is 0 Å². The Morgan fingerprint density at radius 3 is 2.52 bits per heavy atom. The van der Waals surface area contributed by atoms with Crippen LogP contribution in [0.1, 0.15) is 19.3 Å². The third kappa shape index (κ3) is 4.11. The first-order valence-electron chi connectivity index (χ1n) is 9.38. The second kappa shape index (κ2) is 8.05. The van der Waals surface area contributed by atoms with E-state index in [1.54, 1.807) is 4.90 Å². The summed E-state index contributed by atoms with van der Waals surface area (Å²) in [6.07, 6.45) is 3.78. The summed E-state index contributed by atoms with van der Waals surface area (Å²) in [4.78, 5) is 29.8. The molecule has 0 bridgehead atoms. The van der Waals surface area contributed by atoms with Gasteiger partial charge in [0.15, 0.2) is 0 Å². The Balaban J connectivity index is 1.40. The maximum atomic E-state index is 12.5. The second-order valence-corrected chi connectivity index (χ2v) is 7.90. The molecule has 0 saturated carbocycles. The summed E-state index contributed by atoms with van der Waals surface area (Å²) >= 11 is 1.52. The third-order valence-corrected chi connectivity index (χ3v) is 6.03. The lowest BCUT2D eigenvalue weighted by Gasteiger charge is -2.29. The van der Waals surface area contributed by atoms with Crippen LogP contribution in [0.4, 0.5) is 17.1 Å². The van der Waals surface area contributed by atoms with E-state index in [9.17, 15) is 9.59 Å². The van der Waals surface area contributed by atoms with E-state index >= 15 is 0 Å². The van der Waals surface area contributed by atoms with E-state index in [1.165, 1.54) is 36.7 Å². The molecule has 0 atom stereocenters. The summed E-state index contributed by atoms with van der Waals surface area (Å²) in [5.74, 6) is 0.152. The number of rotatable bonds is 4. The Morgan fingerprint density at radius 2 is 1.74 bits per heavy atom. The van der Waals surface area contributed by atoms with Gasteiger partial charge in [-0.1, -0.05) is 12.1 Å². The lowest BCUT2D eigenvalue weighted by molar-refractivity contribution is -0.120. The third-order valence-electron chi connectivity index (χ3n) is 4.98. The maximum absolute atomic E-state index is 12.5. The van der Waals surface area contributed by atoms with Crippen molar-refractivity contribution in [2.75, 3.05) is 40.5 Å². The fourth-order valence-corrected chi connectivity index (χ4v) is 4.51. The Bertz CT molecular complexity index is 832. The molecule has 0 radical (unpaired) electrons. The largest absolute Gasteiger partial charge is 0.372 e. The van der Waals surface area contributed by atoms with Gasteiger partial charge in [0.05, 0.1) is 11.4 Å². The predicted molar refractivity (Wildman–Crippen MR) is 111 cm³/mol. The van der Waals surface area contributed by atoms with Gasteiger partial charge in [-0.05, 0) is 55.7 Å². The number of benzene rings is 2. The molecule has 2 amide bonds. The Morgan fingerprint density at radius 1 is 1.00 bits per heavy atom. The van der Waals surface area contributed by atoms with Gasteiger partial charge < -0.3 is 15.1 Å². The van der Waals surface area contributed by atoms with Crippen LogP contribution in [0.15, 0.2) is 53.4 Å². The van der Waals surface area contributed by atoms with Crippen molar-refractivity contribution in [3.63, 3.8) is 0 Å². The lowest BCUT2D eigenvalue weighted by Crippen LogP contribution is -2.41. The van der Waals surface area contributed by atoms with Crippen LogP contribution >= 0.6 is 11.8 Å². The summed E-state index contributed by atoms with van der Waals surface area (Å²) in [6, 6.07) is 15.7. The van der Waals surface area contributed by atoms with Crippen molar-refractivity contribution < 1.29 is 9.59 Å². The van der Waals surface area contributed by atoms with Gasteiger partial charge in [-0.3, -0.25) is 9.59 Å². The second-order valence-electron chi connectivity index (χ2n) is 6.88. The number of thioether (sulfide) groups is 1. The fraction of sp³-hybridized carbons (Fsp3) is 0.333. The van der Waals surface area contributed by atoms with E-state index in [4.69, 9.17) is 0 Å². The molecule has 27 heavy (non-hydrogen) atoms. The molecule has 0 aromatic heterocycles. The molecule has 140 valence electrons. The Kier molecular flexibility index (Phi) is 5.34. The van der Waals surface area contributed by atoms with Crippen LogP contribution in [-0.2, 0) is 9.59 Å². The van der Waals surface area contributed by atoms with Crippen LogP contribution in [0, 0.1) is 0 Å². The minimum atomic E-state index is -0.184. The van der Waals surface area contributed by atoms with E-state index < -0.39 is 0 Å². The SMILES string of the molecule is O=C(CN1C(=O)CSc2ccccc21)Nc1ccc(N2CCCCC2)cc1. The van der Waals surface area contributed by atoms with Crippen LogP contribution in [0.25, 0.3) is 0 Å². The van der Waals surface area contributed by atoms with Crippen molar-refractivity contribution in [3.05, 3.63) is 48.5 Å². The highest BCUT2D eigenvalue weighted by molar-refractivity contribution is 8.00. The van der Waals surface area contributed by atoms with E-state index in [-0.39, 0.29) is 18.4 Å². The molecule has 1 saturated heterocycles. The van der Waals surface area contributed by atoms with Crippen molar-refractivity contribution in [1.29, 1.82) is 0 Å². The molecule has 1 fully saturated rings. The highest BCUT2D eigenvalue weighted by atomic mass is 32.2. The number of fused-ring (bicyclic) bond motifs is 1. The summed E-state index contributed by atoms with van der Waals surface area (Å²) in [6.45, 7) is 2.23. The standard InChI is InChI=1S/C21H23N3O2S/c25-20(14-24-18-6-2-3-7-19(18)27-15-21(24)26)22-16-8-10-17(11-9-16)23-12-4-1-5-13-23/h2-3,6-11H,1,4-5,12-15H2,(H,22,25). The molecule has 2 aromatic carbocycles. The number of carbonyl (C=O) groups is 2. The van der Waals surface area contributed by atoms with Crippen molar-refractivity contribution >= 4 is 40.6 Å². The molecule has 2 heterocycles. The molecule has 5 nitrogen and oxygen atoms in total. The van der Waals surface area contributed by atoms with Gasteiger partial charge in [0.2, 0.25) is 11.8 Å². The first kappa shape index (κ1) is 17.9. The smallest absolute Gasteiger partial charge is 0.244 e. The number of hydrogen-bond acceptors (Lipinski definition) is 4. The number of nitrogens with one attached hydrogen (secondary N) is 1. The van der Waals surface area contributed by atoms with Crippen molar-refractivity contribution in [2.45, 2.75) is 24.2 Å². The molecule has 1 N–H and O–H groups in total. The average molecular weight is 382 g/mol. The molecule has 0 unspecified atom stereocenters. The highest BCUT2D eigenvalue weighted by Crippen LogP contribution is 2.34. The van der Waals surface area contributed by atoms with E-state index in [1.807, 2.05) is 36.4 Å². The Labute approximate surface area is 163 Å². The van der Waals surface area contributed by atoms with Crippen molar-refractivity contribution in [1.82, 2.24) is 0 Å². The van der Waals surface area contributed by atoms with Gasteiger partial charge in [-0.2, -0.15) is 0 Å². The molecule has 6 heteroatoms. The van der Waals surface area contributed by atoms with Gasteiger partial charge in [0.25, 0.3) is 0 Å². The topological polar surface area (TPSA) is 52.7 Å². The minimum absolute atomic E-state index is 0.0320. The van der Waals surface area contributed by atoms with Crippen LogP contribution in [-0.4, -0.2) is 37.2 Å². The van der Waals surface area contributed by atoms with Gasteiger partial charge >= 0.3 is 0 Å². The first-order valence-corrected chi connectivity index (χ1v) is 10.4. The summed E-state index contributed by atoms with van der Waals surface area (Å²) in [5.41, 5.74) is 2.77. The summed E-state index contributed by atoms with van der Waals surface area (Å²) in [7, 11) is 0. The molecular formula is C21H23N3O2S. The van der Waals surface area contributed by atoms with Crippen LogP contribution in [0.3, 0.4) is 0 Å². The van der Waals surface area contributed by atoms with E-state index in [0.717, 1.165) is 29.4 Å². The monoisotopic (exact) mass is 381 g/mol. The number of amides is 2. The number of anilines is 3. The number of nitrogens with zero attached hydrogens (tertiary/aromatic N) is 2. The molecule has 0 aliphatic carbocycles. The quantitative estimate of drug-likeness (QED) is 0.876. The van der Waals surface area contributed by atoms with E-state index in [0.29, 0.717) is 5.75 Å². The molecule has 0 spiro atoms. The molecule has 4 rings (SSSR count). The van der Waals surface area contributed by atoms with E-state index in [2.05, 4.69) is 22.3 Å². The van der Waals surface area contributed by atoms with Gasteiger partial charge in [-0.25, -0.2) is 0 Å². The number of piperidine rings is 1. The highest BCUT2D eigenvalue weighted by Gasteiger charge is 2.26. The van der Waals surface area contributed by atoms with Crippen molar-refractivity contribution in [3.8, 4) is 0 Å². The zero-order valence-corrected chi connectivity index (χ0v) is 16.0. The minimum Gasteiger partial charge on any atom is -0.372 e. The predicted octanol–water partition coefficient (Wildman–Crippen LogP) is 3.75. The molecule has 2 aromatic rings. The normalized spacial score (nSPS) is 16.8. The average Bonchev–Trinajstić information content (AvgIpc) is 2.71.